The fourth-order valence-corrected chi connectivity index (χ4v) is 4.87. The third kappa shape index (κ3) is 31.2. The third-order valence-corrected chi connectivity index (χ3v) is 7.62. The van der Waals surface area contributed by atoms with E-state index in [4.69, 9.17) is 9.47 Å². The first-order valence-corrected chi connectivity index (χ1v) is 17.5. The number of rotatable bonds is 31. The maximum absolute atomic E-state index is 11.9. The molecule has 0 aromatic rings. The minimum atomic E-state index is -0.0612. The smallest absolute Gasteiger partial charge is 0.306 e. The number of carbonyl (C=O) groups is 2. The molecule has 0 aliphatic heterocycles. The molecule has 0 aliphatic rings. The van der Waals surface area contributed by atoms with Crippen LogP contribution in [0.25, 0.3) is 0 Å². The summed E-state index contributed by atoms with van der Waals surface area (Å²) >= 11 is 0. The minimum absolute atomic E-state index is 0.0612. The second-order valence-electron chi connectivity index (χ2n) is 11.5. The summed E-state index contributed by atoms with van der Waals surface area (Å²) in [5, 5.41) is 0. The molecule has 0 saturated heterocycles. The van der Waals surface area contributed by atoms with Crippen molar-refractivity contribution < 1.29 is 19.1 Å². The highest BCUT2D eigenvalue weighted by Gasteiger charge is 2.05. The molecule has 5 heteroatoms. The summed E-state index contributed by atoms with van der Waals surface area (Å²) in [6.45, 7) is 11.0. The lowest BCUT2D eigenvalue weighted by atomic mass is 10.1. The molecule has 0 N–H and O–H groups in total. The molecular weight excluding hydrogens is 510 g/mol. The highest BCUT2D eigenvalue weighted by atomic mass is 16.5. The number of hydrogen-bond donors (Lipinski definition) is 0. The van der Waals surface area contributed by atoms with Crippen molar-refractivity contribution in [3.8, 4) is 0 Å². The van der Waals surface area contributed by atoms with Gasteiger partial charge in [-0.3, -0.25) is 9.59 Å². The molecule has 5 nitrogen and oxygen atoms in total. The van der Waals surface area contributed by atoms with Gasteiger partial charge in [-0.1, -0.05) is 122 Å². The molecule has 0 aliphatic carbocycles. The largest absolute Gasteiger partial charge is 0.461 e. The van der Waals surface area contributed by atoms with Crippen LogP contribution in [0.3, 0.4) is 0 Å². The number of allylic oxidation sites excluding steroid dienone is 2. The summed E-state index contributed by atoms with van der Waals surface area (Å²) < 4.78 is 10.6. The monoisotopic (exact) mass is 578 g/mol. The van der Waals surface area contributed by atoms with E-state index in [9.17, 15) is 9.59 Å². The fraction of sp³-hybridized carbons (Fsp3) is 0.833. The number of hydrogen-bond acceptors (Lipinski definition) is 5. The maximum atomic E-state index is 11.9. The van der Waals surface area contributed by atoms with E-state index in [1.165, 1.54) is 103 Å². The van der Waals surface area contributed by atoms with E-state index in [1.807, 2.05) is 12.2 Å². The zero-order valence-corrected chi connectivity index (χ0v) is 27.5. The number of nitrogens with zero attached hydrogens (tertiary/aromatic N) is 1. The van der Waals surface area contributed by atoms with E-state index in [0.29, 0.717) is 26.1 Å². The van der Waals surface area contributed by atoms with Gasteiger partial charge in [-0.25, -0.2) is 0 Å². The number of esters is 2. The van der Waals surface area contributed by atoms with Gasteiger partial charge in [-0.05, 0) is 71.0 Å². The number of unbranched alkanes of at least 4 members (excludes halogenated alkanes) is 16. The Bertz CT molecular complexity index is 579. The van der Waals surface area contributed by atoms with Crippen LogP contribution in [0.15, 0.2) is 24.3 Å². The Morgan fingerprint density at radius 2 is 0.878 bits per heavy atom. The van der Waals surface area contributed by atoms with Crippen LogP contribution >= 0.6 is 0 Å². The lowest BCUT2D eigenvalue weighted by Gasteiger charge is -2.20. The molecule has 0 radical (unpaired) electrons. The average molecular weight is 578 g/mol. The lowest BCUT2D eigenvalue weighted by molar-refractivity contribution is -0.143. The SMILES string of the molecule is CCCCCC/C=C\COC(=O)CCCCCCCN(CC)CCCCCCCC(=O)OC/C=C\CCCCCC. The molecule has 0 aromatic carbocycles. The van der Waals surface area contributed by atoms with Crippen molar-refractivity contribution in [1.82, 2.24) is 4.90 Å². The van der Waals surface area contributed by atoms with Crippen molar-refractivity contribution in [2.75, 3.05) is 32.8 Å². The second-order valence-corrected chi connectivity index (χ2v) is 11.5. The quantitative estimate of drug-likeness (QED) is 0.0466. The Hall–Kier alpha value is -1.62. The molecule has 0 amide bonds. The van der Waals surface area contributed by atoms with E-state index in [0.717, 1.165) is 45.1 Å². The van der Waals surface area contributed by atoms with Gasteiger partial charge in [0.2, 0.25) is 0 Å². The molecule has 0 unspecified atom stereocenters. The molecule has 0 saturated carbocycles. The van der Waals surface area contributed by atoms with E-state index in [1.54, 1.807) is 0 Å². The van der Waals surface area contributed by atoms with Crippen LogP contribution in [0.1, 0.15) is 162 Å². The minimum Gasteiger partial charge on any atom is -0.461 e. The third-order valence-electron chi connectivity index (χ3n) is 7.62. The van der Waals surface area contributed by atoms with Crippen molar-refractivity contribution in [3.05, 3.63) is 24.3 Å². The van der Waals surface area contributed by atoms with Crippen LogP contribution in [0.4, 0.5) is 0 Å². The zero-order chi connectivity index (χ0) is 30.1. The summed E-state index contributed by atoms with van der Waals surface area (Å²) in [6.07, 6.45) is 33.1. The predicted octanol–water partition coefficient (Wildman–Crippen LogP) is 10.1. The summed E-state index contributed by atoms with van der Waals surface area (Å²) in [5.74, 6) is -0.122. The molecule has 0 bridgehead atoms. The Morgan fingerprint density at radius 1 is 0.488 bits per heavy atom. The Kier molecular flexibility index (Phi) is 31.6. The van der Waals surface area contributed by atoms with Crippen molar-refractivity contribution in [3.63, 3.8) is 0 Å². The summed E-state index contributed by atoms with van der Waals surface area (Å²) in [7, 11) is 0. The topological polar surface area (TPSA) is 55.8 Å². The second kappa shape index (κ2) is 32.9. The number of carbonyl (C=O) groups excluding carboxylic acids is 2. The zero-order valence-electron chi connectivity index (χ0n) is 27.5. The van der Waals surface area contributed by atoms with Crippen molar-refractivity contribution >= 4 is 11.9 Å². The molecule has 0 heterocycles. The molecule has 0 fully saturated rings. The van der Waals surface area contributed by atoms with Gasteiger partial charge in [0.1, 0.15) is 13.2 Å². The molecule has 0 rings (SSSR count). The van der Waals surface area contributed by atoms with Crippen molar-refractivity contribution in [1.29, 1.82) is 0 Å². The predicted molar refractivity (Wildman–Crippen MR) is 175 cm³/mol. The van der Waals surface area contributed by atoms with E-state index < -0.39 is 0 Å². The standard InChI is InChI=1S/C36H67NO4/c1-4-7-9-11-13-21-27-33-40-35(38)29-23-17-15-19-25-31-37(6-3)32-26-20-16-18-24-30-36(39)41-34-28-22-14-12-10-8-5-2/h21-22,27-28H,4-20,23-26,29-34H2,1-3H3/b27-21-,28-22-. The highest BCUT2D eigenvalue weighted by molar-refractivity contribution is 5.69. The first kappa shape index (κ1) is 39.4. The molecule has 0 aromatic heterocycles. The van der Waals surface area contributed by atoms with Crippen LogP contribution in [-0.2, 0) is 19.1 Å². The van der Waals surface area contributed by atoms with Gasteiger partial charge >= 0.3 is 11.9 Å². The Balaban J connectivity index is 3.51. The van der Waals surface area contributed by atoms with Gasteiger partial charge < -0.3 is 14.4 Å². The van der Waals surface area contributed by atoms with Gasteiger partial charge in [0.25, 0.3) is 0 Å². The molecular formula is C36H67NO4. The van der Waals surface area contributed by atoms with Gasteiger partial charge in [0.15, 0.2) is 0 Å². The van der Waals surface area contributed by atoms with E-state index in [-0.39, 0.29) is 11.9 Å². The van der Waals surface area contributed by atoms with Gasteiger partial charge in [-0.15, -0.1) is 0 Å². The van der Waals surface area contributed by atoms with Crippen molar-refractivity contribution in [2.24, 2.45) is 0 Å². The molecule has 0 spiro atoms. The van der Waals surface area contributed by atoms with Gasteiger partial charge in [0, 0.05) is 12.8 Å². The first-order valence-electron chi connectivity index (χ1n) is 17.5. The highest BCUT2D eigenvalue weighted by Crippen LogP contribution is 2.10. The molecule has 41 heavy (non-hydrogen) atoms. The summed E-state index contributed by atoms with van der Waals surface area (Å²) in [5.41, 5.74) is 0. The van der Waals surface area contributed by atoms with Crippen molar-refractivity contribution in [2.45, 2.75) is 162 Å². The summed E-state index contributed by atoms with van der Waals surface area (Å²) in [4.78, 5) is 26.3. The van der Waals surface area contributed by atoms with Crippen LogP contribution < -0.4 is 0 Å². The average Bonchev–Trinajstić information content (AvgIpc) is 2.97. The van der Waals surface area contributed by atoms with E-state index in [2.05, 4.69) is 37.8 Å². The number of ether oxygens (including phenoxy) is 2. The van der Waals surface area contributed by atoms with E-state index >= 15 is 0 Å². The summed E-state index contributed by atoms with van der Waals surface area (Å²) in [6, 6.07) is 0. The molecule has 240 valence electrons. The van der Waals surface area contributed by atoms with Crippen LogP contribution in [0.5, 0.6) is 0 Å². The van der Waals surface area contributed by atoms with Gasteiger partial charge in [0.05, 0.1) is 0 Å². The fourth-order valence-electron chi connectivity index (χ4n) is 4.87. The van der Waals surface area contributed by atoms with Crippen LogP contribution in [0.2, 0.25) is 0 Å². The van der Waals surface area contributed by atoms with Crippen LogP contribution in [0, 0.1) is 0 Å². The Labute approximate surface area is 254 Å². The normalized spacial score (nSPS) is 11.7. The molecule has 0 atom stereocenters. The van der Waals surface area contributed by atoms with Gasteiger partial charge in [-0.2, -0.15) is 0 Å². The Morgan fingerprint density at radius 3 is 1.29 bits per heavy atom. The first-order chi connectivity index (χ1) is 20.1. The lowest BCUT2D eigenvalue weighted by Crippen LogP contribution is -2.25. The maximum Gasteiger partial charge on any atom is 0.306 e. The van der Waals surface area contributed by atoms with Crippen LogP contribution in [-0.4, -0.2) is 49.7 Å².